The summed E-state index contributed by atoms with van der Waals surface area (Å²) in [6.07, 6.45) is 5.19. The molecule has 1 heterocycles. The van der Waals surface area contributed by atoms with Gasteiger partial charge in [-0.25, -0.2) is 0 Å². The summed E-state index contributed by atoms with van der Waals surface area (Å²) in [5.74, 6) is 0. The van der Waals surface area contributed by atoms with Gasteiger partial charge in [0.2, 0.25) is 0 Å². The van der Waals surface area contributed by atoms with Crippen LogP contribution in [-0.2, 0) is 11.2 Å². The summed E-state index contributed by atoms with van der Waals surface area (Å²) in [4.78, 5) is 4.43. The van der Waals surface area contributed by atoms with Crippen LogP contribution < -0.4 is 5.32 Å². The third-order valence-corrected chi connectivity index (χ3v) is 3.60. The van der Waals surface area contributed by atoms with Gasteiger partial charge in [0.25, 0.3) is 0 Å². The minimum atomic E-state index is 0.501. The molecule has 0 amide bonds. The van der Waals surface area contributed by atoms with E-state index in [2.05, 4.69) is 41.5 Å². The molecular weight excluding hydrogens is 248 g/mol. The Hall–Kier alpha value is -1.45. The van der Waals surface area contributed by atoms with E-state index in [9.17, 15) is 0 Å². The van der Waals surface area contributed by atoms with Gasteiger partial charge in [0, 0.05) is 31.3 Å². The fourth-order valence-electron chi connectivity index (χ4n) is 2.64. The van der Waals surface area contributed by atoms with Crippen molar-refractivity contribution in [2.75, 3.05) is 20.3 Å². The van der Waals surface area contributed by atoms with Crippen molar-refractivity contribution in [3.05, 3.63) is 42.1 Å². The second-order valence-corrected chi connectivity index (χ2v) is 5.08. The molecule has 0 radical (unpaired) electrons. The van der Waals surface area contributed by atoms with Gasteiger partial charge in [-0.05, 0) is 43.5 Å². The Balaban J connectivity index is 2.11. The van der Waals surface area contributed by atoms with Crippen molar-refractivity contribution in [1.82, 2.24) is 10.3 Å². The van der Waals surface area contributed by atoms with Crippen LogP contribution in [-0.4, -0.2) is 31.3 Å². The topological polar surface area (TPSA) is 34.1 Å². The van der Waals surface area contributed by atoms with Gasteiger partial charge in [-0.3, -0.25) is 4.98 Å². The molecule has 0 bridgehead atoms. The van der Waals surface area contributed by atoms with E-state index in [1.54, 1.807) is 7.11 Å². The molecule has 1 atom stereocenters. The first-order valence-corrected chi connectivity index (χ1v) is 7.40. The van der Waals surface area contributed by atoms with Gasteiger partial charge in [-0.15, -0.1) is 0 Å². The van der Waals surface area contributed by atoms with Gasteiger partial charge in [0.05, 0.1) is 5.52 Å². The van der Waals surface area contributed by atoms with Crippen molar-refractivity contribution in [3.63, 3.8) is 0 Å². The second kappa shape index (κ2) is 7.98. The van der Waals surface area contributed by atoms with Crippen LogP contribution in [0.15, 0.2) is 36.5 Å². The van der Waals surface area contributed by atoms with E-state index in [1.165, 1.54) is 10.9 Å². The van der Waals surface area contributed by atoms with Gasteiger partial charge in [-0.2, -0.15) is 0 Å². The molecule has 1 aromatic heterocycles. The number of hydrogen-bond donors (Lipinski definition) is 1. The molecule has 0 saturated heterocycles. The quantitative estimate of drug-likeness (QED) is 0.749. The molecule has 3 heteroatoms. The highest BCUT2D eigenvalue weighted by atomic mass is 16.5. The molecule has 3 nitrogen and oxygen atoms in total. The molecule has 0 aliphatic heterocycles. The van der Waals surface area contributed by atoms with Crippen LogP contribution in [0.5, 0.6) is 0 Å². The Morgan fingerprint density at radius 1 is 1.25 bits per heavy atom. The van der Waals surface area contributed by atoms with E-state index in [1.807, 2.05) is 12.3 Å². The maximum absolute atomic E-state index is 5.15. The predicted octanol–water partition coefficient (Wildman–Crippen LogP) is 3.18. The first-order valence-electron chi connectivity index (χ1n) is 7.40. The first-order chi connectivity index (χ1) is 9.85. The summed E-state index contributed by atoms with van der Waals surface area (Å²) in [7, 11) is 1.76. The summed E-state index contributed by atoms with van der Waals surface area (Å²) in [6, 6.07) is 11.0. The number of fused-ring (bicyclic) bond motifs is 1. The van der Waals surface area contributed by atoms with Gasteiger partial charge < -0.3 is 10.1 Å². The second-order valence-electron chi connectivity index (χ2n) is 5.08. The predicted molar refractivity (Wildman–Crippen MR) is 84.0 cm³/mol. The van der Waals surface area contributed by atoms with Gasteiger partial charge >= 0.3 is 0 Å². The molecule has 1 unspecified atom stereocenters. The van der Waals surface area contributed by atoms with Crippen molar-refractivity contribution >= 4 is 10.9 Å². The summed E-state index contributed by atoms with van der Waals surface area (Å²) >= 11 is 0. The molecule has 0 aliphatic carbocycles. The highest BCUT2D eigenvalue weighted by Gasteiger charge is 2.10. The van der Waals surface area contributed by atoms with Crippen molar-refractivity contribution in [1.29, 1.82) is 0 Å². The third kappa shape index (κ3) is 4.02. The number of benzene rings is 1. The van der Waals surface area contributed by atoms with Crippen LogP contribution >= 0.6 is 0 Å². The molecule has 108 valence electrons. The van der Waals surface area contributed by atoms with Crippen molar-refractivity contribution in [3.8, 4) is 0 Å². The van der Waals surface area contributed by atoms with Gasteiger partial charge in [0.1, 0.15) is 0 Å². The number of methoxy groups -OCH3 is 1. The standard InChI is InChI=1S/C17H24N2O/c1-3-18-15(7-6-12-20-2)13-14-10-11-19-17-9-5-4-8-16(14)17/h4-5,8-11,15,18H,3,6-7,12-13H2,1-2H3. The molecule has 2 rings (SSSR count). The summed E-state index contributed by atoms with van der Waals surface area (Å²) in [5.41, 5.74) is 2.45. The van der Waals surface area contributed by atoms with Crippen molar-refractivity contribution in [2.24, 2.45) is 0 Å². The Morgan fingerprint density at radius 3 is 2.90 bits per heavy atom. The minimum absolute atomic E-state index is 0.501. The van der Waals surface area contributed by atoms with Crippen LogP contribution in [0.25, 0.3) is 10.9 Å². The van der Waals surface area contributed by atoms with E-state index in [4.69, 9.17) is 4.74 Å². The van der Waals surface area contributed by atoms with E-state index in [0.29, 0.717) is 6.04 Å². The number of nitrogens with one attached hydrogen (secondary N) is 1. The number of hydrogen-bond acceptors (Lipinski definition) is 3. The highest BCUT2D eigenvalue weighted by Crippen LogP contribution is 2.18. The molecule has 0 spiro atoms. The molecule has 20 heavy (non-hydrogen) atoms. The number of nitrogens with zero attached hydrogens (tertiary/aromatic N) is 1. The van der Waals surface area contributed by atoms with Crippen molar-refractivity contribution < 1.29 is 4.74 Å². The number of ether oxygens (including phenoxy) is 1. The summed E-state index contributed by atoms with van der Waals surface area (Å²) in [6.45, 7) is 3.99. The van der Waals surface area contributed by atoms with E-state index in [-0.39, 0.29) is 0 Å². The zero-order valence-corrected chi connectivity index (χ0v) is 12.4. The monoisotopic (exact) mass is 272 g/mol. The number of para-hydroxylation sites is 1. The maximum atomic E-state index is 5.15. The fraction of sp³-hybridized carbons (Fsp3) is 0.471. The molecule has 2 aromatic rings. The lowest BCUT2D eigenvalue weighted by molar-refractivity contribution is 0.188. The SMILES string of the molecule is CCNC(CCCOC)Cc1ccnc2ccccc12. The normalized spacial score (nSPS) is 12.7. The molecular formula is C17H24N2O. The largest absolute Gasteiger partial charge is 0.385 e. The third-order valence-electron chi connectivity index (χ3n) is 3.60. The fourth-order valence-corrected chi connectivity index (χ4v) is 2.64. The number of likely N-dealkylation sites (N-methyl/N-ethyl adjacent to an activating group) is 1. The Morgan fingerprint density at radius 2 is 2.10 bits per heavy atom. The van der Waals surface area contributed by atoms with Crippen molar-refractivity contribution in [2.45, 2.75) is 32.2 Å². The number of rotatable bonds is 8. The molecule has 1 N–H and O–H groups in total. The maximum Gasteiger partial charge on any atom is 0.0704 e. The number of aromatic nitrogens is 1. The van der Waals surface area contributed by atoms with E-state index in [0.717, 1.165) is 37.9 Å². The Bertz CT molecular complexity index is 522. The number of pyridine rings is 1. The molecule has 0 fully saturated rings. The lowest BCUT2D eigenvalue weighted by Gasteiger charge is -2.18. The van der Waals surface area contributed by atoms with Gasteiger partial charge in [-0.1, -0.05) is 25.1 Å². The van der Waals surface area contributed by atoms with Crippen LogP contribution in [0.1, 0.15) is 25.3 Å². The Labute approximate surface area is 121 Å². The van der Waals surface area contributed by atoms with E-state index < -0.39 is 0 Å². The average Bonchev–Trinajstić information content (AvgIpc) is 2.48. The summed E-state index contributed by atoms with van der Waals surface area (Å²) in [5, 5.41) is 4.85. The molecule has 1 aromatic carbocycles. The molecule has 0 aliphatic rings. The highest BCUT2D eigenvalue weighted by molar-refractivity contribution is 5.81. The van der Waals surface area contributed by atoms with Gasteiger partial charge in [0.15, 0.2) is 0 Å². The summed E-state index contributed by atoms with van der Waals surface area (Å²) < 4.78 is 5.15. The smallest absolute Gasteiger partial charge is 0.0704 e. The average molecular weight is 272 g/mol. The Kier molecular flexibility index (Phi) is 5.96. The lowest BCUT2D eigenvalue weighted by atomic mass is 9.99. The first kappa shape index (κ1) is 14.9. The lowest BCUT2D eigenvalue weighted by Crippen LogP contribution is -2.31. The molecule has 0 saturated carbocycles. The van der Waals surface area contributed by atoms with Crippen LogP contribution in [0, 0.1) is 0 Å². The minimum Gasteiger partial charge on any atom is -0.385 e. The van der Waals surface area contributed by atoms with Crippen LogP contribution in [0.2, 0.25) is 0 Å². The van der Waals surface area contributed by atoms with Crippen LogP contribution in [0.4, 0.5) is 0 Å². The van der Waals surface area contributed by atoms with Crippen LogP contribution in [0.3, 0.4) is 0 Å². The zero-order valence-electron chi connectivity index (χ0n) is 12.4. The zero-order chi connectivity index (χ0) is 14.2. The van der Waals surface area contributed by atoms with E-state index >= 15 is 0 Å².